The minimum absolute atomic E-state index is 0.164. The Bertz CT molecular complexity index is 326. The molecule has 0 aliphatic rings. The van der Waals surface area contributed by atoms with E-state index in [9.17, 15) is 4.79 Å². The number of carbonyl (C=O) groups excluding carboxylic acids is 1. The maximum absolute atomic E-state index is 11.2. The molecule has 0 aliphatic heterocycles. The van der Waals surface area contributed by atoms with Crippen molar-refractivity contribution in [3.63, 3.8) is 0 Å². The third-order valence-electron chi connectivity index (χ3n) is 1.89. The zero-order valence-electron chi connectivity index (χ0n) is 9.19. The number of ether oxygens (including phenoxy) is 1. The fraction of sp³-hybridized carbons (Fsp3) is 0.545. The second-order valence-electron chi connectivity index (χ2n) is 3.27. The summed E-state index contributed by atoms with van der Waals surface area (Å²) in [6.07, 6.45) is 4.97. The molecule has 0 amide bonds. The Morgan fingerprint density at radius 3 is 2.87 bits per heavy atom. The summed E-state index contributed by atoms with van der Waals surface area (Å²) < 4.78 is 5.33. The van der Waals surface area contributed by atoms with Crippen molar-refractivity contribution < 1.29 is 9.53 Å². The van der Waals surface area contributed by atoms with E-state index in [4.69, 9.17) is 4.74 Å². The number of nitrogens with zero attached hydrogens (tertiary/aromatic N) is 2. The summed E-state index contributed by atoms with van der Waals surface area (Å²) in [5, 5.41) is 0. The van der Waals surface area contributed by atoms with Crippen LogP contribution in [0.1, 0.15) is 32.4 Å². The summed E-state index contributed by atoms with van der Waals surface area (Å²) in [7, 11) is 0. The van der Waals surface area contributed by atoms with Gasteiger partial charge in [-0.3, -0.25) is 9.78 Å². The topological polar surface area (TPSA) is 52.1 Å². The third kappa shape index (κ3) is 4.06. The fourth-order valence-electron chi connectivity index (χ4n) is 1.07. The fourth-order valence-corrected chi connectivity index (χ4v) is 1.07. The first-order chi connectivity index (χ1) is 7.26. The Morgan fingerprint density at radius 2 is 2.20 bits per heavy atom. The van der Waals surface area contributed by atoms with Crippen LogP contribution >= 0.6 is 0 Å². The van der Waals surface area contributed by atoms with Crippen LogP contribution in [-0.2, 0) is 11.2 Å². The minimum atomic E-state index is 0.164. The summed E-state index contributed by atoms with van der Waals surface area (Å²) in [5.41, 5.74) is 0.676. The van der Waals surface area contributed by atoms with Gasteiger partial charge in [-0.05, 0) is 6.42 Å². The number of hydrogen-bond acceptors (Lipinski definition) is 4. The molecule has 1 heterocycles. The molecule has 0 atom stereocenters. The Morgan fingerprint density at radius 1 is 1.40 bits per heavy atom. The third-order valence-corrected chi connectivity index (χ3v) is 1.89. The van der Waals surface area contributed by atoms with Crippen molar-refractivity contribution >= 4 is 5.78 Å². The molecule has 0 unspecified atom stereocenters. The summed E-state index contributed by atoms with van der Waals surface area (Å²) >= 11 is 0. The van der Waals surface area contributed by atoms with Crippen molar-refractivity contribution in [3.8, 4) is 5.88 Å². The zero-order valence-corrected chi connectivity index (χ0v) is 9.19. The monoisotopic (exact) mass is 208 g/mol. The number of Topliss-reactive ketones (excluding diaryl/α,β-unsaturated/α-hetero) is 1. The molecule has 15 heavy (non-hydrogen) atoms. The highest BCUT2D eigenvalue weighted by molar-refractivity contribution is 5.80. The highest BCUT2D eigenvalue weighted by Crippen LogP contribution is 2.06. The van der Waals surface area contributed by atoms with Gasteiger partial charge in [0.1, 0.15) is 5.78 Å². The largest absolute Gasteiger partial charge is 0.477 e. The van der Waals surface area contributed by atoms with Gasteiger partial charge in [-0.25, -0.2) is 4.98 Å². The first kappa shape index (κ1) is 11.6. The zero-order chi connectivity index (χ0) is 11.1. The Kier molecular flexibility index (Phi) is 4.74. The summed E-state index contributed by atoms with van der Waals surface area (Å²) in [5.74, 6) is 0.662. The lowest BCUT2D eigenvalue weighted by Crippen LogP contribution is -2.05. The van der Waals surface area contributed by atoms with Gasteiger partial charge in [-0.2, -0.15) is 0 Å². The van der Waals surface area contributed by atoms with E-state index in [0.717, 1.165) is 6.42 Å². The molecular formula is C11H16N2O2. The molecule has 4 heteroatoms. The maximum atomic E-state index is 11.2. The second-order valence-corrected chi connectivity index (χ2v) is 3.27. The van der Waals surface area contributed by atoms with E-state index in [0.29, 0.717) is 31.0 Å². The van der Waals surface area contributed by atoms with Gasteiger partial charge in [-0.1, -0.05) is 13.8 Å². The van der Waals surface area contributed by atoms with Crippen LogP contribution in [0.15, 0.2) is 12.4 Å². The molecule has 0 saturated heterocycles. The highest BCUT2D eigenvalue weighted by Gasteiger charge is 2.04. The van der Waals surface area contributed by atoms with Gasteiger partial charge < -0.3 is 4.74 Å². The second kappa shape index (κ2) is 6.11. The van der Waals surface area contributed by atoms with Crippen LogP contribution in [0.2, 0.25) is 0 Å². The quantitative estimate of drug-likeness (QED) is 0.715. The Hall–Kier alpha value is -1.45. The maximum Gasteiger partial charge on any atom is 0.232 e. The molecular weight excluding hydrogens is 192 g/mol. The number of hydrogen-bond donors (Lipinski definition) is 0. The molecule has 0 aromatic carbocycles. The molecule has 0 saturated carbocycles. The van der Waals surface area contributed by atoms with Gasteiger partial charge in [0.2, 0.25) is 5.88 Å². The first-order valence-electron chi connectivity index (χ1n) is 5.21. The molecule has 0 bridgehead atoms. The van der Waals surface area contributed by atoms with Gasteiger partial charge in [0.25, 0.3) is 0 Å². The average molecular weight is 208 g/mol. The van der Waals surface area contributed by atoms with Crippen LogP contribution in [0.5, 0.6) is 5.88 Å². The molecule has 4 nitrogen and oxygen atoms in total. The van der Waals surface area contributed by atoms with E-state index in [1.54, 1.807) is 12.4 Å². The van der Waals surface area contributed by atoms with Gasteiger partial charge in [0.05, 0.1) is 24.9 Å². The van der Waals surface area contributed by atoms with Crippen molar-refractivity contribution in [1.29, 1.82) is 0 Å². The molecule has 0 aliphatic carbocycles. The minimum Gasteiger partial charge on any atom is -0.477 e. The SMILES string of the molecule is CCCOc1cncc(CC(=O)CC)n1. The summed E-state index contributed by atoms with van der Waals surface area (Å²) in [6.45, 7) is 4.49. The van der Waals surface area contributed by atoms with Crippen LogP contribution in [0.4, 0.5) is 0 Å². The molecule has 1 rings (SSSR count). The molecule has 0 spiro atoms. The average Bonchev–Trinajstić information content (AvgIpc) is 2.26. The van der Waals surface area contributed by atoms with E-state index < -0.39 is 0 Å². The van der Waals surface area contributed by atoms with Crippen molar-refractivity contribution in [2.24, 2.45) is 0 Å². The molecule has 0 radical (unpaired) electrons. The lowest BCUT2D eigenvalue weighted by Gasteiger charge is -2.04. The van der Waals surface area contributed by atoms with E-state index in [1.165, 1.54) is 0 Å². The highest BCUT2D eigenvalue weighted by atomic mass is 16.5. The van der Waals surface area contributed by atoms with Crippen LogP contribution in [-0.4, -0.2) is 22.4 Å². The van der Waals surface area contributed by atoms with Crippen LogP contribution in [0, 0.1) is 0 Å². The first-order valence-corrected chi connectivity index (χ1v) is 5.21. The van der Waals surface area contributed by atoms with Crippen LogP contribution in [0.25, 0.3) is 0 Å². The van der Waals surface area contributed by atoms with Gasteiger partial charge in [0, 0.05) is 12.6 Å². The van der Waals surface area contributed by atoms with Crippen molar-refractivity contribution in [2.45, 2.75) is 33.1 Å². The number of ketones is 1. The Labute approximate surface area is 89.7 Å². The molecule has 0 N–H and O–H groups in total. The van der Waals surface area contributed by atoms with Crippen LogP contribution < -0.4 is 4.74 Å². The summed E-state index contributed by atoms with van der Waals surface area (Å²) in [4.78, 5) is 19.4. The van der Waals surface area contributed by atoms with E-state index >= 15 is 0 Å². The van der Waals surface area contributed by atoms with Crippen molar-refractivity contribution in [3.05, 3.63) is 18.1 Å². The predicted molar refractivity (Wildman–Crippen MR) is 56.8 cm³/mol. The van der Waals surface area contributed by atoms with Gasteiger partial charge in [-0.15, -0.1) is 0 Å². The number of carbonyl (C=O) groups is 1. The molecule has 1 aromatic heterocycles. The van der Waals surface area contributed by atoms with Crippen LogP contribution in [0.3, 0.4) is 0 Å². The van der Waals surface area contributed by atoms with Gasteiger partial charge in [0.15, 0.2) is 0 Å². The van der Waals surface area contributed by atoms with E-state index in [-0.39, 0.29) is 5.78 Å². The number of aromatic nitrogens is 2. The van der Waals surface area contributed by atoms with Crippen molar-refractivity contribution in [2.75, 3.05) is 6.61 Å². The summed E-state index contributed by atoms with van der Waals surface area (Å²) in [6, 6.07) is 0. The Balaban J connectivity index is 2.61. The normalized spacial score (nSPS) is 10.0. The smallest absolute Gasteiger partial charge is 0.232 e. The number of rotatable bonds is 6. The van der Waals surface area contributed by atoms with E-state index in [2.05, 4.69) is 9.97 Å². The van der Waals surface area contributed by atoms with E-state index in [1.807, 2.05) is 13.8 Å². The standard InChI is InChI=1S/C11H16N2O2/c1-3-5-15-11-8-12-7-9(13-11)6-10(14)4-2/h7-8H,3-6H2,1-2H3. The predicted octanol–water partition coefficient (Wildman–Crippen LogP) is 1.79. The lowest BCUT2D eigenvalue weighted by molar-refractivity contribution is -0.118. The molecule has 0 fully saturated rings. The van der Waals surface area contributed by atoms with Crippen molar-refractivity contribution in [1.82, 2.24) is 9.97 Å². The molecule has 1 aromatic rings. The lowest BCUT2D eigenvalue weighted by atomic mass is 10.2. The molecule has 82 valence electrons. The van der Waals surface area contributed by atoms with Gasteiger partial charge >= 0.3 is 0 Å².